The number of imide groups is 2. The third kappa shape index (κ3) is 15.8. The second-order valence-corrected chi connectivity index (χ2v) is 23.8. The number of halogens is 2. The lowest BCUT2D eigenvalue weighted by atomic mass is 9.95. The summed E-state index contributed by atoms with van der Waals surface area (Å²) in [4.78, 5) is 194. The second-order valence-electron chi connectivity index (χ2n) is 23.2. The monoisotopic (exact) mass is 1350 g/mol. The average Bonchev–Trinajstić information content (AvgIpc) is 1.66. The fourth-order valence-corrected chi connectivity index (χ4v) is 12.3. The smallest absolute Gasteiger partial charge is 0.333 e. The van der Waals surface area contributed by atoms with Crippen molar-refractivity contribution >= 4 is 145 Å². The molecule has 5 aliphatic rings. The lowest BCUT2D eigenvalue weighted by Crippen LogP contribution is -2.66. The number of amides is 13. The van der Waals surface area contributed by atoms with Gasteiger partial charge in [0.05, 0.1) is 37.8 Å². The summed E-state index contributed by atoms with van der Waals surface area (Å²) in [5.41, 5.74) is 2.83. The third-order valence-corrected chi connectivity index (χ3v) is 17.4. The van der Waals surface area contributed by atoms with Gasteiger partial charge in [-0.2, -0.15) is 0 Å². The van der Waals surface area contributed by atoms with E-state index in [1.54, 1.807) is 52.3 Å². The third-order valence-electron chi connectivity index (χ3n) is 16.6. The summed E-state index contributed by atoms with van der Waals surface area (Å²) >= 11 is 13.1. The van der Waals surface area contributed by atoms with E-state index in [4.69, 9.17) is 37.4 Å². The summed E-state index contributed by atoms with van der Waals surface area (Å²) < 4.78 is 17.0. The lowest BCUT2D eigenvalue weighted by molar-refractivity contribution is -0.156. The van der Waals surface area contributed by atoms with E-state index >= 15 is 0 Å². The van der Waals surface area contributed by atoms with E-state index in [9.17, 15) is 67.1 Å². The van der Waals surface area contributed by atoms with Crippen LogP contribution in [0.4, 0.5) is 17.1 Å². The molecule has 4 aromatic carbocycles. The number of anilines is 3. The first-order valence-corrected chi connectivity index (χ1v) is 32.0. The van der Waals surface area contributed by atoms with Gasteiger partial charge in [0.1, 0.15) is 42.0 Å². The van der Waals surface area contributed by atoms with Gasteiger partial charge >= 0.3 is 5.97 Å². The molecule has 5 heterocycles. The lowest BCUT2D eigenvalue weighted by Gasteiger charge is -2.35. The van der Waals surface area contributed by atoms with Crippen LogP contribution in [0.25, 0.3) is 21.5 Å². The maximum atomic E-state index is 14.4. The summed E-state index contributed by atoms with van der Waals surface area (Å²) in [7, 11) is 0. The highest BCUT2D eigenvalue weighted by Gasteiger charge is 2.50. The number of hydrogen-bond acceptors (Lipinski definition) is 17. The summed E-state index contributed by atoms with van der Waals surface area (Å²) in [6.45, 7) is 4.28. The zero-order chi connectivity index (χ0) is 68.4. The molecule has 6 unspecified atom stereocenters. The van der Waals surface area contributed by atoms with Crippen molar-refractivity contribution in [3.63, 3.8) is 0 Å². The van der Waals surface area contributed by atoms with E-state index in [0.717, 1.165) is 40.8 Å². The predicted molar refractivity (Wildman–Crippen MR) is 345 cm³/mol. The molecule has 502 valence electrons. The Hall–Kier alpha value is -9.64. The van der Waals surface area contributed by atoms with Crippen LogP contribution in [-0.4, -0.2) is 193 Å². The molecule has 0 spiro atoms. The predicted octanol–water partition coefficient (Wildman–Crippen LogP) is 1.71. The van der Waals surface area contributed by atoms with E-state index < -0.39 is 107 Å². The van der Waals surface area contributed by atoms with Crippen LogP contribution in [0.2, 0.25) is 0 Å². The molecular formula is C65H71Cl2N11O17. The largest absolute Gasteiger partial charge is 0.424 e. The highest BCUT2D eigenvalue weighted by Crippen LogP contribution is 2.47. The van der Waals surface area contributed by atoms with Gasteiger partial charge in [-0.1, -0.05) is 48.5 Å². The molecule has 13 amide bonds. The van der Waals surface area contributed by atoms with Crippen LogP contribution in [0.3, 0.4) is 0 Å². The zero-order valence-electron chi connectivity index (χ0n) is 52.3. The number of fused-ring (bicyclic) bond motifs is 8. The molecule has 0 fully saturated rings. The van der Waals surface area contributed by atoms with Crippen LogP contribution >= 0.6 is 23.2 Å². The van der Waals surface area contributed by atoms with Crippen molar-refractivity contribution in [3.8, 4) is 5.75 Å². The maximum absolute atomic E-state index is 14.4. The van der Waals surface area contributed by atoms with E-state index in [0.29, 0.717) is 43.0 Å². The fraction of sp³-hybridized carbons (Fsp3) is 0.415. The first kappa shape index (κ1) is 69.7. The number of ether oxygens (including phenoxy) is 3. The van der Waals surface area contributed by atoms with E-state index in [1.165, 1.54) is 27.7 Å². The molecule has 5 aliphatic heterocycles. The normalized spacial score (nSPS) is 25.2. The van der Waals surface area contributed by atoms with Crippen molar-refractivity contribution in [3.05, 3.63) is 96.1 Å². The number of hydrogen-bond donors (Lipinski definition) is 7. The summed E-state index contributed by atoms with van der Waals surface area (Å²) in [5, 5.41) is 20.5. The van der Waals surface area contributed by atoms with Gasteiger partial charge < -0.3 is 61.2 Å². The first-order chi connectivity index (χ1) is 45.5. The first-order valence-electron chi connectivity index (χ1n) is 30.9. The van der Waals surface area contributed by atoms with Crippen molar-refractivity contribution in [2.24, 2.45) is 0 Å². The number of nitrogens with one attached hydrogen (secondary N) is 7. The van der Waals surface area contributed by atoms with Crippen molar-refractivity contribution in [2.45, 2.75) is 108 Å². The van der Waals surface area contributed by atoms with Crippen LogP contribution in [0.1, 0.15) is 82.8 Å². The van der Waals surface area contributed by atoms with Gasteiger partial charge in [0.15, 0.2) is 0 Å². The highest BCUT2D eigenvalue weighted by atomic mass is 35.5. The molecule has 30 heteroatoms. The minimum absolute atomic E-state index is 0.0514. The number of nitrogens with zero attached hydrogens (tertiary/aromatic N) is 4. The summed E-state index contributed by atoms with van der Waals surface area (Å²) in [6, 6.07) is 8.65. The second kappa shape index (κ2) is 31.1. The molecule has 0 radical (unpaired) electrons. The molecule has 4 aromatic rings. The van der Waals surface area contributed by atoms with Gasteiger partial charge in [-0.05, 0) is 62.1 Å². The van der Waals surface area contributed by atoms with E-state index in [2.05, 4.69) is 37.2 Å². The average molecular weight is 1350 g/mol. The molecule has 95 heavy (non-hydrogen) atoms. The molecule has 0 saturated carbocycles. The Balaban J connectivity index is 0.925. The molecule has 0 aromatic heterocycles. The Morgan fingerprint density at radius 2 is 0.874 bits per heavy atom. The molecule has 28 nitrogen and oxygen atoms in total. The maximum Gasteiger partial charge on any atom is 0.333 e. The molecule has 9 rings (SSSR count). The Bertz CT molecular complexity index is 3580. The quantitative estimate of drug-likeness (QED) is 0.0662. The minimum Gasteiger partial charge on any atom is -0.424 e. The molecular weight excluding hydrogens is 1280 g/mol. The van der Waals surface area contributed by atoms with Crippen molar-refractivity contribution in [1.82, 2.24) is 41.7 Å². The fourth-order valence-electron chi connectivity index (χ4n) is 11.8. The van der Waals surface area contributed by atoms with E-state index in [-0.39, 0.29) is 126 Å². The molecule has 0 aliphatic carbocycles. The number of rotatable bonds is 4. The van der Waals surface area contributed by atoms with Crippen LogP contribution < -0.4 is 51.8 Å². The number of carbonyl (C=O) groups excluding carboxylic acids is 14. The molecule has 0 saturated heterocycles. The van der Waals surface area contributed by atoms with Gasteiger partial charge in [0.25, 0.3) is 23.6 Å². The van der Waals surface area contributed by atoms with Gasteiger partial charge in [-0.3, -0.25) is 72.1 Å². The van der Waals surface area contributed by atoms with Crippen LogP contribution in [0.5, 0.6) is 5.75 Å². The van der Waals surface area contributed by atoms with E-state index in [1.807, 2.05) is 18.2 Å². The Kier molecular flexibility index (Phi) is 22.8. The Morgan fingerprint density at radius 1 is 0.463 bits per heavy atom. The van der Waals surface area contributed by atoms with Crippen LogP contribution in [-0.2, 0) is 76.6 Å². The van der Waals surface area contributed by atoms with Gasteiger partial charge in [-0.15, -0.1) is 23.2 Å². The number of carbonyl (C=O) groups is 14. The van der Waals surface area contributed by atoms with Crippen LogP contribution in [0, 0.1) is 0 Å². The SMILES string of the molecule is CC1NC(=O)CCOCCNC(=O)C(N2C(=O)C=CC2=O)C(N2C(=O)C=CC2=O)C(=O)NCCOCCC(=O)NC(C)C(=O)NC(C)C(=O)Oc2cc3c(c4ccccc24)[C@H](CCl)CN3C(=O)CCCC(=O)N2C[C@@H](CCl)c3c2cc(c2ccccc32)NC(=O)C(C)NC1=O. The summed E-state index contributed by atoms with van der Waals surface area (Å²) in [5.74, 6) is -11.6. The van der Waals surface area contributed by atoms with Gasteiger partial charge in [-0.25, -0.2) is 4.79 Å². The summed E-state index contributed by atoms with van der Waals surface area (Å²) in [6.07, 6.45) is 2.77. The van der Waals surface area contributed by atoms with Crippen molar-refractivity contribution < 1.29 is 81.3 Å². The molecule has 8 atom stereocenters. The Morgan fingerprint density at radius 3 is 1.34 bits per heavy atom. The van der Waals surface area contributed by atoms with Crippen molar-refractivity contribution in [1.29, 1.82) is 0 Å². The number of esters is 1. The Labute approximate surface area is 554 Å². The zero-order valence-corrected chi connectivity index (χ0v) is 53.8. The van der Waals surface area contributed by atoms with Gasteiger partial charge in [0, 0.05) is 122 Å². The van der Waals surface area contributed by atoms with Crippen molar-refractivity contribution in [2.75, 3.05) is 79.5 Å². The minimum atomic E-state index is -2.12. The van der Waals surface area contributed by atoms with Crippen LogP contribution in [0.15, 0.2) is 85.0 Å². The topological polar surface area (TPSA) is 364 Å². The standard InChI is InChI=1S/C65H71Cl2N11O17/c1-34-60(87)72-36(3)62(89)74-44-28-45-56(42-12-7-5-10-40(42)44)38(30-66)32-75(45)50(81)14-9-15-51(82)76-33-39(31-67)57-43-13-8-6-11-41(43)47(29-46(57)76)95-65(92)37(4)73-61(88)35(2)71-49(80)21-25-94-27-23-69-64(91)59(78-54(85)18-19-55(78)86)58(77-52(83)16-17-53(77)84)63(90)68-22-26-93-24-20-48(79)70-34/h5-8,10-13,16-19,28-29,34-39,58-59H,9,14-15,20-27,30-33H2,1-4H3,(H,68,90)(H,69,91)(H,70,79)(H,71,80)(H,72,87)(H,73,88)(H,74,89)/t34?,35?,36?,37?,38-,39-,58?,59?/m1/s1. The molecule has 7 N–H and O–H groups in total. The highest BCUT2D eigenvalue weighted by molar-refractivity contribution is 6.21. The molecule has 4 bridgehead atoms. The number of benzene rings is 4. The van der Waals surface area contributed by atoms with Gasteiger partial charge in [0.2, 0.25) is 53.2 Å². The number of alkyl halides is 2.